The highest BCUT2D eigenvalue weighted by Crippen LogP contribution is 2.38. The topological polar surface area (TPSA) is 59.9 Å². The fourth-order valence-corrected chi connectivity index (χ4v) is 4.90. The summed E-state index contributed by atoms with van der Waals surface area (Å²) < 4.78 is 7.10. The number of ether oxygens (including phenoxy) is 1. The van der Waals surface area contributed by atoms with E-state index in [1.807, 2.05) is 6.92 Å². The Morgan fingerprint density at radius 1 is 1.14 bits per heavy atom. The molecule has 1 aliphatic rings. The largest absolute Gasteiger partial charge is 0.370 e. The van der Waals surface area contributed by atoms with Crippen molar-refractivity contribution < 1.29 is 4.74 Å². The molecule has 3 aromatic rings. The number of unbranched alkanes of at least 4 members (excludes halogenated alkanes) is 4. The summed E-state index contributed by atoms with van der Waals surface area (Å²) in [5, 5.41) is 4.68. The number of hydrogen-bond donors (Lipinski definition) is 1. The molecule has 6 heteroatoms. The monoisotopic (exact) mass is 398 g/mol. The molecule has 0 spiro atoms. The van der Waals surface area contributed by atoms with E-state index in [1.54, 1.807) is 11.3 Å². The highest BCUT2D eigenvalue weighted by Gasteiger charge is 2.28. The van der Waals surface area contributed by atoms with Crippen molar-refractivity contribution in [2.75, 3.05) is 11.9 Å². The molecule has 0 saturated carbocycles. The molecule has 3 aromatic heterocycles. The Labute approximate surface area is 170 Å². The molecule has 0 unspecified atom stereocenters. The van der Waals surface area contributed by atoms with Crippen LogP contribution in [-0.2, 0) is 17.8 Å². The number of aryl methyl sites for hydroxylation is 1. The Morgan fingerprint density at radius 3 is 2.79 bits per heavy atom. The summed E-state index contributed by atoms with van der Waals surface area (Å²) in [6.07, 6.45) is 7.20. The molecule has 0 fully saturated rings. The van der Waals surface area contributed by atoms with Crippen LogP contribution in [0.2, 0.25) is 0 Å². The second-order valence-corrected chi connectivity index (χ2v) is 9.41. The zero-order chi connectivity index (χ0) is 19.7. The Bertz CT molecular complexity index is 995. The average molecular weight is 399 g/mol. The van der Waals surface area contributed by atoms with E-state index in [2.05, 4.69) is 37.1 Å². The molecule has 0 saturated heterocycles. The number of anilines is 1. The molecule has 0 aliphatic carbocycles. The van der Waals surface area contributed by atoms with Gasteiger partial charge in [-0.25, -0.2) is 15.0 Å². The molecule has 150 valence electrons. The van der Waals surface area contributed by atoms with Crippen molar-refractivity contribution in [2.24, 2.45) is 0 Å². The van der Waals surface area contributed by atoms with Crippen molar-refractivity contribution in [1.29, 1.82) is 0 Å². The maximum absolute atomic E-state index is 5.99. The maximum atomic E-state index is 5.99. The van der Waals surface area contributed by atoms with E-state index in [4.69, 9.17) is 14.7 Å². The van der Waals surface area contributed by atoms with Crippen LogP contribution < -0.4 is 5.32 Å². The lowest BCUT2D eigenvalue weighted by Gasteiger charge is -2.30. The summed E-state index contributed by atoms with van der Waals surface area (Å²) in [7, 11) is 0. The molecular formula is C22H30N4OS. The van der Waals surface area contributed by atoms with Crippen molar-refractivity contribution in [3.05, 3.63) is 23.1 Å². The smallest absolute Gasteiger partial charge is 0.147 e. The third-order valence-electron chi connectivity index (χ3n) is 5.37. The van der Waals surface area contributed by atoms with Gasteiger partial charge in [0.05, 0.1) is 28.1 Å². The minimum absolute atomic E-state index is 0.148. The van der Waals surface area contributed by atoms with Crippen LogP contribution in [0.5, 0.6) is 0 Å². The highest BCUT2D eigenvalue weighted by molar-refractivity contribution is 7.25. The van der Waals surface area contributed by atoms with E-state index < -0.39 is 0 Å². The summed E-state index contributed by atoms with van der Waals surface area (Å²) >= 11 is 1.70. The van der Waals surface area contributed by atoms with Gasteiger partial charge in [0.25, 0.3) is 0 Å². The van der Waals surface area contributed by atoms with Crippen molar-refractivity contribution in [1.82, 2.24) is 15.0 Å². The van der Waals surface area contributed by atoms with Gasteiger partial charge in [0.1, 0.15) is 16.5 Å². The zero-order valence-corrected chi connectivity index (χ0v) is 18.2. The van der Waals surface area contributed by atoms with Crippen molar-refractivity contribution >= 4 is 37.6 Å². The van der Waals surface area contributed by atoms with Gasteiger partial charge < -0.3 is 10.1 Å². The predicted octanol–water partition coefficient (Wildman–Crippen LogP) is 5.78. The number of fused-ring (bicyclic) bond motifs is 4. The third kappa shape index (κ3) is 3.98. The van der Waals surface area contributed by atoms with E-state index in [9.17, 15) is 0 Å². The molecule has 0 amide bonds. The first-order chi connectivity index (χ1) is 13.5. The summed E-state index contributed by atoms with van der Waals surface area (Å²) in [4.78, 5) is 15.5. The first kappa shape index (κ1) is 19.5. The molecular weight excluding hydrogens is 368 g/mol. The lowest BCUT2D eigenvalue weighted by atomic mass is 9.95. The predicted molar refractivity (Wildman–Crippen MR) is 117 cm³/mol. The van der Waals surface area contributed by atoms with Crippen LogP contribution in [0.4, 0.5) is 5.82 Å². The number of thiophene rings is 1. The molecule has 0 radical (unpaired) electrons. The van der Waals surface area contributed by atoms with Crippen molar-refractivity contribution in [3.8, 4) is 0 Å². The quantitative estimate of drug-likeness (QED) is 0.511. The second-order valence-electron chi connectivity index (χ2n) is 8.41. The fraction of sp³-hybridized carbons (Fsp3) is 0.591. The van der Waals surface area contributed by atoms with Gasteiger partial charge in [0.2, 0.25) is 0 Å². The summed E-state index contributed by atoms with van der Waals surface area (Å²) in [6, 6.07) is 2.23. The molecule has 1 N–H and O–H groups in total. The number of nitrogens with zero attached hydrogens (tertiary/aromatic N) is 3. The van der Waals surface area contributed by atoms with Crippen LogP contribution in [-0.4, -0.2) is 27.1 Å². The van der Waals surface area contributed by atoms with E-state index in [0.29, 0.717) is 6.61 Å². The molecule has 28 heavy (non-hydrogen) atoms. The van der Waals surface area contributed by atoms with Crippen molar-refractivity contribution in [3.63, 3.8) is 0 Å². The van der Waals surface area contributed by atoms with Crippen LogP contribution in [0.1, 0.15) is 70.0 Å². The van der Waals surface area contributed by atoms with Crippen LogP contribution >= 0.6 is 11.3 Å². The Hall–Kier alpha value is -1.79. The summed E-state index contributed by atoms with van der Waals surface area (Å²) in [6.45, 7) is 10.0. The Morgan fingerprint density at radius 2 is 1.96 bits per heavy atom. The number of aromatic nitrogens is 3. The molecule has 4 rings (SSSR count). The standard InChI is InChI=1S/C22H30N4OS/c1-5-6-7-8-9-10-23-20-19-18(24-14(2)25-20)16-11-15-13-27-22(3,4)12-17(15)26-21(16)28-19/h11H,5-10,12-13H2,1-4H3,(H,23,24,25). The normalized spacial score (nSPS) is 15.9. The van der Waals surface area contributed by atoms with E-state index in [1.165, 1.54) is 37.7 Å². The lowest BCUT2D eigenvalue weighted by Crippen LogP contribution is -2.32. The minimum Gasteiger partial charge on any atom is -0.370 e. The van der Waals surface area contributed by atoms with E-state index >= 15 is 0 Å². The van der Waals surface area contributed by atoms with Gasteiger partial charge in [-0.3, -0.25) is 0 Å². The number of pyridine rings is 1. The van der Waals surface area contributed by atoms with Gasteiger partial charge in [0.15, 0.2) is 0 Å². The van der Waals surface area contributed by atoms with Gasteiger partial charge >= 0.3 is 0 Å². The molecule has 4 heterocycles. The van der Waals surface area contributed by atoms with Gasteiger partial charge in [-0.05, 0) is 33.3 Å². The van der Waals surface area contributed by atoms with Crippen LogP contribution in [0.25, 0.3) is 20.4 Å². The number of nitrogens with one attached hydrogen (secondary N) is 1. The summed E-state index contributed by atoms with van der Waals surface area (Å²) in [5.74, 6) is 1.76. The Kier molecular flexibility index (Phi) is 5.52. The third-order valence-corrected chi connectivity index (χ3v) is 6.47. The van der Waals surface area contributed by atoms with Crippen LogP contribution in [0, 0.1) is 6.92 Å². The van der Waals surface area contributed by atoms with Crippen molar-refractivity contribution in [2.45, 2.75) is 78.4 Å². The first-order valence-corrected chi connectivity index (χ1v) is 11.3. The fourth-order valence-electron chi connectivity index (χ4n) is 3.82. The summed E-state index contributed by atoms with van der Waals surface area (Å²) in [5.41, 5.74) is 3.21. The molecule has 0 atom stereocenters. The Balaban J connectivity index is 1.64. The zero-order valence-electron chi connectivity index (χ0n) is 17.4. The molecule has 0 aromatic carbocycles. The molecule has 0 bridgehead atoms. The second kappa shape index (κ2) is 7.91. The van der Waals surface area contributed by atoms with E-state index in [0.717, 1.165) is 50.7 Å². The van der Waals surface area contributed by atoms with Gasteiger partial charge in [-0.2, -0.15) is 0 Å². The highest BCUT2D eigenvalue weighted by atomic mass is 32.1. The number of rotatable bonds is 7. The van der Waals surface area contributed by atoms with Crippen LogP contribution in [0.3, 0.4) is 0 Å². The molecule has 1 aliphatic heterocycles. The minimum atomic E-state index is -0.148. The first-order valence-electron chi connectivity index (χ1n) is 10.4. The van der Waals surface area contributed by atoms with Crippen LogP contribution in [0.15, 0.2) is 6.07 Å². The average Bonchev–Trinajstić information content (AvgIpc) is 2.99. The SMILES string of the molecule is CCCCCCCNc1nc(C)nc2c1sc1nc3c(cc12)COC(C)(C)C3. The van der Waals surface area contributed by atoms with Gasteiger partial charge in [-0.15, -0.1) is 11.3 Å². The molecule has 5 nitrogen and oxygen atoms in total. The van der Waals surface area contributed by atoms with E-state index in [-0.39, 0.29) is 5.60 Å². The maximum Gasteiger partial charge on any atom is 0.147 e. The van der Waals surface area contributed by atoms with Gasteiger partial charge in [0, 0.05) is 23.9 Å². The lowest BCUT2D eigenvalue weighted by molar-refractivity contribution is -0.0411. The van der Waals surface area contributed by atoms with Gasteiger partial charge in [-0.1, -0.05) is 32.6 Å². The number of hydrogen-bond acceptors (Lipinski definition) is 6.